The number of nitrogens with zero attached hydrogens (tertiary/aromatic N) is 1. The van der Waals surface area contributed by atoms with Crippen LogP contribution in [-0.2, 0) is 11.3 Å². The molecule has 1 aromatic rings. The van der Waals surface area contributed by atoms with Crippen molar-refractivity contribution in [2.45, 2.75) is 39.8 Å². The third-order valence-corrected chi connectivity index (χ3v) is 2.64. The van der Waals surface area contributed by atoms with Crippen LogP contribution in [0.15, 0.2) is 18.5 Å². The normalized spacial score (nSPS) is 12.8. The summed E-state index contributed by atoms with van der Waals surface area (Å²) in [5.41, 5.74) is 0.864. The van der Waals surface area contributed by atoms with E-state index in [4.69, 9.17) is 0 Å². The minimum absolute atomic E-state index is 0.00744. The van der Waals surface area contributed by atoms with Gasteiger partial charge in [-0.1, -0.05) is 20.8 Å². The predicted molar refractivity (Wildman–Crippen MR) is 67.5 cm³/mol. The number of nitrogens with one attached hydrogen (secondary N) is 1. The minimum atomic E-state index is -0.463. The Balaban J connectivity index is 2.53. The molecule has 0 fully saturated rings. The zero-order valence-electron chi connectivity index (χ0n) is 10.8. The molecule has 0 spiro atoms. The van der Waals surface area contributed by atoms with Crippen LogP contribution in [0.4, 0.5) is 0 Å². The van der Waals surface area contributed by atoms with Gasteiger partial charge in [-0.25, -0.2) is 0 Å². The van der Waals surface area contributed by atoms with Gasteiger partial charge >= 0.3 is 0 Å². The van der Waals surface area contributed by atoms with Gasteiger partial charge in [0.15, 0.2) is 0 Å². The van der Waals surface area contributed by atoms with Crippen LogP contribution in [0.2, 0.25) is 0 Å². The fourth-order valence-electron chi connectivity index (χ4n) is 1.60. The molecule has 0 radical (unpaired) electrons. The topological polar surface area (TPSA) is 54.3 Å². The van der Waals surface area contributed by atoms with Gasteiger partial charge in [0.05, 0.1) is 6.10 Å². The van der Waals surface area contributed by atoms with Crippen molar-refractivity contribution >= 4 is 5.91 Å². The van der Waals surface area contributed by atoms with Gasteiger partial charge in [-0.3, -0.25) is 4.79 Å². The molecule has 4 heteroatoms. The molecule has 1 heterocycles. The maximum absolute atomic E-state index is 11.5. The number of hydrogen-bond donors (Lipinski definition) is 2. The van der Waals surface area contributed by atoms with Crippen LogP contribution in [0.1, 0.15) is 38.9 Å². The molecule has 17 heavy (non-hydrogen) atoms. The highest BCUT2D eigenvalue weighted by Gasteiger charge is 2.13. The Morgan fingerprint density at radius 1 is 1.53 bits per heavy atom. The lowest BCUT2D eigenvalue weighted by Gasteiger charge is -2.12. The summed E-state index contributed by atoms with van der Waals surface area (Å²) in [5.74, 6) is 0.188. The number of aliphatic hydroxyl groups excluding tert-OH is 1. The average molecular weight is 238 g/mol. The first-order valence-electron chi connectivity index (χ1n) is 6.15. The molecule has 0 saturated carbocycles. The molecule has 0 aromatic carbocycles. The summed E-state index contributed by atoms with van der Waals surface area (Å²) < 4.78 is 1.80. The van der Waals surface area contributed by atoms with E-state index in [-0.39, 0.29) is 11.8 Å². The van der Waals surface area contributed by atoms with Crippen molar-refractivity contribution in [2.24, 2.45) is 5.92 Å². The lowest BCUT2D eigenvalue weighted by molar-refractivity contribution is -0.121. The average Bonchev–Trinajstić information content (AvgIpc) is 2.73. The molecule has 4 nitrogen and oxygen atoms in total. The van der Waals surface area contributed by atoms with E-state index in [2.05, 4.69) is 5.32 Å². The maximum Gasteiger partial charge on any atom is 0.239 e. The zero-order valence-corrected chi connectivity index (χ0v) is 10.8. The Labute approximate surface area is 103 Å². The van der Waals surface area contributed by atoms with Crippen LogP contribution in [0.3, 0.4) is 0 Å². The summed E-state index contributed by atoms with van der Waals surface area (Å²) in [6.07, 6.45) is 4.13. The molecular weight excluding hydrogens is 216 g/mol. The third kappa shape index (κ3) is 4.23. The number of amides is 1. The SMILES string of the molecule is CCCNC(=O)Cn1ccc(C(O)C(C)C)c1. The minimum Gasteiger partial charge on any atom is -0.388 e. The highest BCUT2D eigenvalue weighted by molar-refractivity contribution is 5.75. The van der Waals surface area contributed by atoms with Crippen molar-refractivity contribution in [2.75, 3.05) is 6.54 Å². The van der Waals surface area contributed by atoms with E-state index in [1.54, 1.807) is 4.57 Å². The van der Waals surface area contributed by atoms with Crippen LogP contribution in [0.25, 0.3) is 0 Å². The van der Waals surface area contributed by atoms with Crippen molar-refractivity contribution in [3.05, 3.63) is 24.0 Å². The number of rotatable bonds is 6. The molecule has 1 amide bonds. The standard InChI is InChI=1S/C13H22N2O2/c1-4-6-14-12(16)9-15-7-5-11(8-15)13(17)10(2)3/h5,7-8,10,13,17H,4,6,9H2,1-3H3,(H,14,16). The van der Waals surface area contributed by atoms with Crippen LogP contribution in [-0.4, -0.2) is 22.1 Å². The maximum atomic E-state index is 11.5. The van der Waals surface area contributed by atoms with Crippen molar-refractivity contribution in [3.8, 4) is 0 Å². The van der Waals surface area contributed by atoms with E-state index >= 15 is 0 Å². The molecule has 2 N–H and O–H groups in total. The second-order valence-corrected chi connectivity index (χ2v) is 4.66. The molecule has 1 atom stereocenters. The van der Waals surface area contributed by atoms with Gasteiger partial charge in [0, 0.05) is 18.9 Å². The molecule has 0 saturated heterocycles. The second kappa shape index (κ2) is 6.45. The number of aliphatic hydroxyl groups is 1. The van der Waals surface area contributed by atoms with E-state index in [0.717, 1.165) is 12.0 Å². The summed E-state index contributed by atoms with van der Waals surface area (Å²) in [5, 5.41) is 12.7. The van der Waals surface area contributed by atoms with Crippen LogP contribution in [0.5, 0.6) is 0 Å². The summed E-state index contributed by atoms with van der Waals surface area (Å²) in [6.45, 7) is 6.98. The Kier molecular flexibility index (Phi) is 5.22. The van der Waals surface area contributed by atoms with Crippen molar-refractivity contribution in [1.82, 2.24) is 9.88 Å². The monoisotopic (exact) mass is 238 g/mol. The first kappa shape index (κ1) is 13.8. The van der Waals surface area contributed by atoms with Crippen LogP contribution in [0, 0.1) is 5.92 Å². The number of carbonyl (C=O) groups is 1. The van der Waals surface area contributed by atoms with E-state index < -0.39 is 6.10 Å². The summed E-state index contributed by atoms with van der Waals surface area (Å²) in [7, 11) is 0. The van der Waals surface area contributed by atoms with Gasteiger partial charge in [0.25, 0.3) is 0 Å². The van der Waals surface area contributed by atoms with E-state index in [1.807, 2.05) is 39.2 Å². The van der Waals surface area contributed by atoms with Gasteiger partial charge in [-0.15, -0.1) is 0 Å². The number of aromatic nitrogens is 1. The molecule has 0 aliphatic carbocycles. The lowest BCUT2D eigenvalue weighted by Crippen LogP contribution is -2.27. The Bertz CT molecular complexity index is 358. The molecule has 96 valence electrons. The highest BCUT2D eigenvalue weighted by Crippen LogP contribution is 2.21. The molecule has 1 aromatic heterocycles. The summed E-state index contributed by atoms with van der Waals surface area (Å²) in [6, 6.07) is 1.86. The fourth-order valence-corrected chi connectivity index (χ4v) is 1.60. The molecule has 0 bridgehead atoms. The molecule has 1 unspecified atom stereocenters. The smallest absolute Gasteiger partial charge is 0.239 e. The van der Waals surface area contributed by atoms with E-state index in [9.17, 15) is 9.90 Å². The van der Waals surface area contributed by atoms with E-state index in [1.165, 1.54) is 0 Å². The number of hydrogen-bond acceptors (Lipinski definition) is 2. The first-order chi connectivity index (χ1) is 8.04. The second-order valence-electron chi connectivity index (χ2n) is 4.66. The Morgan fingerprint density at radius 3 is 2.82 bits per heavy atom. The molecule has 0 aliphatic rings. The summed E-state index contributed by atoms with van der Waals surface area (Å²) in [4.78, 5) is 11.5. The largest absolute Gasteiger partial charge is 0.388 e. The molecule has 1 rings (SSSR count). The highest BCUT2D eigenvalue weighted by atomic mass is 16.3. The number of carbonyl (C=O) groups excluding carboxylic acids is 1. The van der Waals surface area contributed by atoms with Crippen molar-refractivity contribution < 1.29 is 9.90 Å². The van der Waals surface area contributed by atoms with Crippen molar-refractivity contribution in [1.29, 1.82) is 0 Å². The lowest BCUT2D eigenvalue weighted by atomic mass is 10.0. The predicted octanol–water partition coefficient (Wildman–Crippen LogP) is 1.70. The fraction of sp³-hybridized carbons (Fsp3) is 0.615. The molecule has 0 aliphatic heterocycles. The van der Waals surface area contributed by atoms with Gasteiger partial charge < -0.3 is 15.0 Å². The van der Waals surface area contributed by atoms with Gasteiger partial charge in [0.2, 0.25) is 5.91 Å². The zero-order chi connectivity index (χ0) is 12.8. The van der Waals surface area contributed by atoms with Gasteiger partial charge in [0.1, 0.15) is 6.54 Å². The van der Waals surface area contributed by atoms with Gasteiger partial charge in [-0.05, 0) is 24.0 Å². The van der Waals surface area contributed by atoms with Crippen molar-refractivity contribution in [3.63, 3.8) is 0 Å². The first-order valence-corrected chi connectivity index (χ1v) is 6.15. The Morgan fingerprint density at radius 2 is 2.24 bits per heavy atom. The van der Waals surface area contributed by atoms with E-state index in [0.29, 0.717) is 13.1 Å². The van der Waals surface area contributed by atoms with Gasteiger partial charge in [-0.2, -0.15) is 0 Å². The Hall–Kier alpha value is -1.29. The van der Waals surface area contributed by atoms with Crippen LogP contribution >= 0.6 is 0 Å². The quantitative estimate of drug-likeness (QED) is 0.792. The summed E-state index contributed by atoms with van der Waals surface area (Å²) >= 11 is 0. The molecular formula is C13H22N2O2. The third-order valence-electron chi connectivity index (χ3n) is 2.64. The van der Waals surface area contributed by atoms with Crippen LogP contribution < -0.4 is 5.32 Å².